The molecule has 0 aliphatic heterocycles. The molecule has 0 aliphatic rings. The van der Waals surface area contributed by atoms with Gasteiger partial charge in [0.25, 0.3) is 0 Å². The second kappa shape index (κ2) is 8.69. The molecule has 3 rings (SSSR count). The Bertz CT molecular complexity index is 898. The Morgan fingerprint density at radius 1 is 1.23 bits per heavy atom. The fourth-order valence-corrected chi connectivity index (χ4v) is 3.45. The van der Waals surface area contributed by atoms with Gasteiger partial charge >= 0.3 is 0 Å². The molecule has 2 N–H and O–H groups in total. The number of nitrogens with one attached hydrogen (secondary N) is 2. The smallest absolute Gasteiger partial charge is 0.245 e. The molecule has 0 fully saturated rings. The number of halogens is 1. The number of ether oxygens (including phenoxy) is 1. The summed E-state index contributed by atoms with van der Waals surface area (Å²) in [6, 6.07) is 15.1. The van der Waals surface area contributed by atoms with Gasteiger partial charge in [-0.1, -0.05) is 29.8 Å². The van der Waals surface area contributed by atoms with Crippen molar-refractivity contribution in [2.45, 2.75) is 6.42 Å². The van der Waals surface area contributed by atoms with Crippen LogP contribution in [0.15, 0.2) is 54.7 Å². The number of aromatic nitrogens is 1. The SMILES string of the molecule is COc1cccc(NCC(=O)Nc2ncc(Cc3cccc(Cl)c3)s2)c1. The molecule has 0 saturated carbocycles. The molecule has 0 aliphatic carbocycles. The summed E-state index contributed by atoms with van der Waals surface area (Å²) < 4.78 is 5.16. The normalized spacial score (nSPS) is 10.4. The lowest BCUT2D eigenvalue weighted by molar-refractivity contribution is -0.114. The van der Waals surface area contributed by atoms with Gasteiger partial charge in [0.2, 0.25) is 5.91 Å². The first-order valence-corrected chi connectivity index (χ1v) is 9.19. The molecular formula is C19H18ClN3O2S. The zero-order chi connectivity index (χ0) is 18.4. The van der Waals surface area contributed by atoms with Crippen LogP contribution >= 0.6 is 22.9 Å². The zero-order valence-electron chi connectivity index (χ0n) is 14.2. The van der Waals surface area contributed by atoms with E-state index < -0.39 is 0 Å². The van der Waals surface area contributed by atoms with Gasteiger partial charge in [0.1, 0.15) is 5.75 Å². The molecule has 134 valence electrons. The molecule has 7 heteroatoms. The lowest BCUT2D eigenvalue weighted by Crippen LogP contribution is -2.21. The van der Waals surface area contributed by atoms with Crippen molar-refractivity contribution in [3.05, 3.63) is 70.2 Å². The molecule has 0 unspecified atom stereocenters. The number of hydrogen-bond donors (Lipinski definition) is 2. The van der Waals surface area contributed by atoms with Gasteiger partial charge in [-0.25, -0.2) is 4.98 Å². The molecule has 0 spiro atoms. The van der Waals surface area contributed by atoms with Crippen molar-refractivity contribution in [2.75, 3.05) is 24.3 Å². The van der Waals surface area contributed by atoms with Crippen LogP contribution in [0.2, 0.25) is 5.02 Å². The number of methoxy groups -OCH3 is 1. The van der Waals surface area contributed by atoms with Crippen molar-refractivity contribution >= 4 is 39.7 Å². The van der Waals surface area contributed by atoms with Gasteiger partial charge in [-0.15, -0.1) is 11.3 Å². The van der Waals surface area contributed by atoms with Crippen LogP contribution in [0.4, 0.5) is 10.8 Å². The number of anilines is 2. The van der Waals surface area contributed by atoms with E-state index >= 15 is 0 Å². The Morgan fingerprint density at radius 3 is 2.88 bits per heavy atom. The first-order valence-electron chi connectivity index (χ1n) is 7.99. The molecule has 26 heavy (non-hydrogen) atoms. The van der Waals surface area contributed by atoms with E-state index in [9.17, 15) is 4.79 Å². The highest BCUT2D eigenvalue weighted by Gasteiger charge is 2.08. The number of amides is 1. The maximum Gasteiger partial charge on any atom is 0.245 e. The predicted molar refractivity (Wildman–Crippen MR) is 106 cm³/mol. The molecular weight excluding hydrogens is 370 g/mol. The molecule has 2 aromatic carbocycles. The highest BCUT2D eigenvalue weighted by Crippen LogP contribution is 2.22. The molecule has 0 radical (unpaired) electrons. The molecule has 1 heterocycles. The number of hydrogen-bond acceptors (Lipinski definition) is 5. The summed E-state index contributed by atoms with van der Waals surface area (Å²) >= 11 is 7.46. The molecule has 0 atom stereocenters. The Balaban J connectivity index is 1.52. The quantitative estimate of drug-likeness (QED) is 0.628. The van der Waals surface area contributed by atoms with E-state index in [-0.39, 0.29) is 12.5 Å². The van der Waals surface area contributed by atoms with Crippen molar-refractivity contribution in [1.29, 1.82) is 0 Å². The molecule has 1 amide bonds. The third-order valence-electron chi connectivity index (χ3n) is 3.59. The van der Waals surface area contributed by atoms with Crippen molar-refractivity contribution in [1.82, 2.24) is 4.98 Å². The van der Waals surface area contributed by atoms with E-state index in [1.54, 1.807) is 13.3 Å². The van der Waals surface area contributed by atoms with E-state index in [0.717, 1.165) is 28.3 Å². The Morgan fingerprint density at radius 2 is 2.08 bits per heavy atom. The maximum absolute atomic E-state index is 12.1. The summed E-state index contributed by atoms with van der Waals surface area (Å²) in [6.45, 7) is 0.149. The van der Waals surface area contributed by atoms with Crippen LogP contribution in [0.25, 0.3) is 0 Å². The van der Waals surface area contributed by atoms with Gasteiger partial charge in [-0.2, -0.15) is 0 Å². The van der Waals surface area contributed by atoms with Crippen LogP contribution in [-0.4, -0.2) is 24.5 Å². The van der Waals surface area contributed by atoms with Crippen LogP contribution in [0, 0.1) is 0 Å². The van der Waals surface area contributed by atoms with Gasteiger partial charge in [0.05, 0.1) is 13.7 Å². The van der Waals surface area contributed by atoms with Crippen LogP contribution in [-0.2, 0) is 11.2 Å². The van der Waals surface area contributed by atoms with Crippen molar-refractivity contribution < 1.29 is 9.53 Å². The Hall–Kier alpha value is -2.57. The maximum atomic E-state index is 12.1. The fraction of sp³-hybridized carbons (Fsp3) is 0.158. The van der Waals surface area contributed by atoms with E-state index in [4.69, 9.17) is 16.3 Å². The minimum absolute atomic E-state index is 0.149. The van der Waals surface area contributed by atoms with Crippen molar-refractivity contribution in [2.24, 2.45) is 0 Å². The lowest BCUT2D eigenvalue weighted by atomic mass is 10.1. The summed E-state index contributed by atoms with van der Waals surface area (Å²) in [5, 5.41) is 7.16. The van der Waals surface area contributed by atoms with Gasteiger partial charge in [-0.3, -0.25) is 4.79 Å². The average molecular weight is 388 g/mol. The third-order valence-corrected chi connectivity index (χ3v) is 4.74. The van der Waals surface area contributed by atoms with Crippen LogP contribution < -0.4 is 15.4 Å². The molecule has 1 aromatic heterocycles. The number of rotatable bonds is 7. The second-order valence-electron chi connectivity index (χ2n) is 5.57. The van der Waals surface area contributed by atoms with E-state index in [0.29, 0.717) is 10.2 Å². The summed E-state index contributed by atoms with van der Waals surface area (Å²) in [7, 11) is 1.61. The summed E-state index contributed by atoms with van der Waals surface area (Å²) in [6.07, 6.45) is 2.51. The van der Waals surface area contributed by atoms with Gasteiger partial charge in [-0.05, 0) is 29.8 Å². The standard InChI is InChI=1S/C19H18ClN3O2S/c1-25-16-7-3-6-15(10-16)21-12-18(24)23-19-22-11-17(26-19)9-13-4-2-5-14(20)8-13/h2-8,10-11,21H,9,12H2,1H3,(H,22,23,24). The number of carbonyl (C=O) groups excluding carboxylic acids is 1. The summed E-state index contributed by atoms with van der Waals surface area (Å²) in [5.41, 5.74) is 1.93. The second-order valence-corrected chi connectivity index (χ2v) is 7.12. The fourth-order valence-electron chi connectivity index (χ4n) is 2.37. The monoisotopic (exact) mass is 387 g/mol. The zero-order valence-corrected chi connectivity index (χ0v) is 15.7. The van der Waals surface area contributed by atoms with Gasteiger partial charge in [0, 0.05) is 34.3 Å². The topological polar surface area (TPSA) is 63.2 Å². The Kier molecular flexibility index (Phi) is 6.09. The van der Waals surface area contributed by atoms with E-state index in [2.05, 4.69) is 15.6 Å². The highest BCUT2D eigenvalue weighted by molar-refractivity contribution is 7.15. The summed E-state index contributed by atoms with van der Waals surface area (Å²) in [5.74, 6) is 0.581. The first-order chi connectivity index (χ1) is 12.6. The molecule has 0 saturated heterocycles. The van der Waals surface area contributed by atoms with Crippen LogP contribution in [0.5, 0.6) is 5.75 Å². The van der Waals surface area contributed by atoms with E-state index in [1.807, 2.05) is 48.5 Å². The molecule has 0 bridgehead atoms. The first kappa shape index (κ1) is 18.2. The molecule has 5 nitrogen and oxygen atoms in total. The number of carbonyl (C=O) groups is 1. The van der Waals surface area contributed by atoms with Crippen molar-refractivity contribution in [3.8, 4) is 5.75 Å². The highest BCUT2D eigenvalue weighted by atomic mass is 35.5. The minimum Gasteiger partial charge on any atom is -0.497 e. The summed E-state index contributed by atoms with van der Waals surface area (Å²) in [4.78, 5) is 17.4. The van der Waals surface area contributed by atoms with Gasteiger partial charge < -0.3 is 15.4 Å². The number of nitrogens with zero attached hydrogens (tertiary/aromatic N) is 1. The average Bonchev–Trinajstić information content (AvgIpc) is 3.07. The third kappa shape index (κ3) is 5.21. The van der Waals surface area contributed by atoms with Crippen LogP contribution in [0.3, 0.4) is 0 Å². The van der Waals surface area contributed by atoms with Crippen molar-refractivity contribution in [3.63, 3.8) is 0 Å². The number of benzene rings is 2. The predicted octanol–water partition coefficient (Wildman–Crippen LogP) is 4.45. The van der Waals surface area contributed by atoms with E-state index in [1.165, 1.54) is 11.3 Å². The Labute approximate surface area is 161 Å². The van der Waals surface area contributed by atoms with Crippen LogP contribution in [0.1, 0.15) is 10.4 Å². The van der Waals surface area contributed by atoms with Gasteiger partial charge in [0.15, 0.2) is 5.13 Å². The molecule has 3 aromatic rings. The lowest BCUT2D eigenvalue weighted by Gasteiger charge is -2.07. The number of thiazole rings is 1. The minimum atomic E-state index is -0.156. The largest absolute Gasteiger partial charge is 0.497 e.